The SMILES string of the molecule is CCc1ccc(CN2CCN(C3CCN(C(C)C)CC3)C(CCO)C2)o1. The van der Waals surface area contributed by atoms with Crippen molar-refractivity contribution >= 4 is 0 Å². The number of rotatable bonds is 7. The van der Waals surface area contributed by atoms with Crippen LogP contribution in [0.2, 0.25) is 0 Å². The Morgan fingerprint density at radius 3 is 2.46 bits per heavy atom. The van der Waals surface area contributed by atoms with Gasteiger partial charge in [-0.1, -0.05) is 6.92 Å². The van der Waals surface area contributed by atoms with Crippen LogP contribution in [-0.4, -0.2) is 77.3 Å². The molecule has 1 atom stereocenters. The molecule has 1 aromatic rings. The molecule has 3 rings (SSSR count). The van der Waals surface area contributed by atoms with Crippen molar-refractivity contribution in [3.63, 3.8) is 0 Å². The molecule has 2 saturated heterocycles. The molecule has 1 unspecified atom stereocenters. The van der Waals surface area contributed by atoms with Gasteiger partial charge in [-0.15, -0.1) is 0 Å². The number of furan rings is 1. The highest BCUT2D eigenvalue weighted by Crippen LogP contribution is 2.25. The fourth-order valence-corrected chi connectivity index (χ4v) is 4.62. The fraction of sp³-hybridized carbons (Fsp3) is 0.810. The summed E-state index contributed by atoms with van der Waals surface area (Å²) in [6.45, 7) is 13.5. The number of likely N-dealkylation sites (tertiary alicyclic amines) is 1. The van der Waals surface area contributed by atoms with Crippen molar-refractivity contribution in [1.29, 1.82) is 0 Å². The van der Waals surface area contributed by atoms with E-state index in [1.54, 1.807) is 0 Å². The zero-order valence-electron chi connectivity index (χ0n) is 16.9. The molecule has 0 radical (unpaired) electrons. The molecule has 2 aliphatic heterocycles. The Labute approximate surface area is 158 Å². The van der Waals surface area contributed by atoms with Gasteiger partial charge in [-0.25, -0.2) is 0 Å². The minimum atomic E-state index is 0.278. The van der Waals surface area contributed by atoms with Gasteiger partial charge in [0.1, 0.15) is 11.5 Å². The molecule has 0 spiro atoms. The van der Waals surface area contributed by atoms with Crippen molar-refractivity contribution in [2.75, 3.05) is 39.3 Å². The summed E-state index contributed by atoms with van der Waals surface area (Å²) in [7, 11) is 0. The zero-order valence-corrected chi connectivity index (χ0v) is 16.9. The molecule has 2 aliphatic rings. The van der Waals surface area contributed by atoms with Crippen LogP contribution in [0.5, 0.6) is 0 Å². The van der Waals surface area contributed by atoms with Crippen molar-refractivity contribution in [2.45, 2.75) is 71.1 Å². The number of piperidine rings is 1. The molecular weight excluding hydrogens is 326 g/mol. The third kappa shape index (κ3) is 4.89. The second-order valence-electron chi connectivity index (χ2n) is 8.22. The van der Waals surface area contributed by atoms with Gasteiger partial charge in [0.2, 0.25) is 0 Å². The van der Waals surface area contributed by atoms with Crippen molar-refractivity contribution in [1.82, 2.24) is 14.7 Å². The Bertz CT molecular complexity index is 537. The highest BCUT2D eigenvalue weighted by molar-refractivity contribution is 5.07. The smallest absolute Gasteiger partial charge is 0.118 e. The molecule has 0 bridgehead atoms. The maximum Gasteiger partial charge on any atom is 0.118 e. The van der Waals surface area contributed by atoms with Crippen LogP contribution < -0.4 is 0 Å². The Kier molecular flexibility index (Phi) is 7.15. The van der Waals surface area contributed by atoms with E-state index in [1.165, 1.54) is 25.9 Å². The molecule has 0 amide bonds. The van der Waals surface area contributed by atoms with Crippen LogP contribution in [0.3, 0.4) is 0 Å². The lowest BCUT2D eigenvalue weighted by molar-refractivity contribution is -0.00168. The number of aliphatic hydroxyl groups excluding tert-OH is 1. The Balaban J connectivity index is 1.56. The van der Waals surface area contributed by atoms with E-state index in [0.717, 1.165) is 50.5 Å². The van der Waals surface area contributed by atoms with Gasteiger partial charge in [0.15, 0.2) is 0 Å². The van der Waals surface area contributed by atoms with E-state index >= 15 is 0 Å². The van der Waals surface area contributed by atoms with Gasteiger partial charge in [0.25, 0.3) is 0 Å². The number of hydrogen-bond acceptors (Lipinski definition) is 5. The first-order valence-electron chi connectivity index (χ1n) is 10.5. The molecule has 1 N–H and O–H groups in total. The van der Waals surface area contributed by atoms with E-state index in [-0.39, 0.29) is 6.61 Å². The molecular formula is C21H37N3O2. The summed E-state index contributed by atoms with van der Waals surface area (Å²) in [5.74, 6) is 2.14. The topological polar surface area (TPSA) is 43.1 Å². The van der Waals surface area contributed by atoms with Gasteiger partial charge >= 0.3 is 0 Å². The number of piperazine rings is 1. The highest BCUT2D eigenvalue weighted by atomic mass is 16.3. The molecule has 26 heavy (non-hydrogen) atoms. The first kappa shape index (κ1) is 19.9. The van der Waals surface area contributed by atoms with Crippen LogP contribution in [0.15, 0.2) is 16.5 Å². The van der Waals surface area contributed by atoms with Gasteiger partial charge in [0.05, 0.1) is 6.54 Å². The normalized spacial score (nSPS) is 24.6. The van der Waals surface area contributed by atoms with E-state index in [2.05, 4.69) is 47.6 Å². The van der Waals surface area contributed by atoms with Gasteiger partial charge < -0.3 is 14.4 Å². The highest BCUT2D eigenvalue weighted by Gasteiger charge is 2.34. The van der Waals surface area contributed by atoms with E-state index in [4.69, 9.17) is 4.42 Å². The average Bonchev–Trinajstić information content (AvgIpc) is 3.10. The summed E-state index contributed by atoms with van der Waals surface area (Å²) in [4.78, 5) is 7.79. The van der Waals surface area contributed by atoms with Gasteiger partial charge in [-0.3, -0.25) is 9.80 Å². The third-order valence-corrected chi connectivity index (χ3v) is 6.22. The molecule has 5 nitrogen and oxygen atoms in total. The second-order valence-corrected chi connectivity index (χ2v) is 8.22. The predicted molar refractivity (Wildman–Crippen MR) is 105 cm³/mol. The van der Waals surface area contributed by atoms with Crippen molar-refractivity contribution < 1.29 is 9.52 Å². The first-order chi connectivity index (χ1) is 12.6. The summed E-state index contributed by atoms with van der Waals surface area (Å²) in [5, 5.41) is 9.59. The summed E-state index contributed by atoms with van der Waals surface area (Å²) in [6.07, 6.45) is 4.35. The summed E-state index contributed by atoms with van der Waals surface area (Å²) in [6, 6.07) is 6.01. The van der Waals surface area contributed by atoms with Crippen molar-refractivity contribution in [2.24, 2.45) is 0 Å². The lowest BCUT2D eigenvalue weighted by Crippen LogP contribution is -2.58. The number of aryl methyl sites for hydroxylation is 1. The summed E-state index contributed by atoms with van der Waals surface area (Å²) >= 11 is 0. The minimum Gasteiger partial charge on any atom is -0.465 e. The van der Waals surface area contributed by atoms with Crippen LogP contribution in [0, 0.1) is 0 Å². The maximum atomic E-state index is 9.59. The molecule has 3 heterocycles. The summed E-state index contributed by atoms with van der Waals surface area (Å²) < 4.78 is 5.90. The lowest BCUT2D eigenvalue weighted by Gasteiger charge is -2.48. The van der Waals surface area contributed by atoms with Crippen LogP contribution >= 0.6 is 0 Å². The molecule has 1 aromatic heterocycles. The van der Waals surface area contributed by atoms with Crippen molar-refractivity contribution in [3.05, 3.63) is 23.7 Å². The Morgan fingerprint density at radius 1 is 1.12 bits per heavy atom. The Morgan fingerprint density at radius 2 is 1.85 bits per heavy atom. The summed E-state index contributed by atoms with van der Waals surface area (Å²) in [5.41, 5.74) is 0. The first-order valence-corrected chi connectivity index (χ1v) is 10.5. The molecule has 5 heteroatoms. The second kappa shape index (κ2) is 9.36. The maximum absolute atomic E-state index is 9.59. The van der Waals surface area contributed by atoms with Gasteiger partial charge in [-0.05, 0) is 58.3 Å². The van der Waals surface area contributed by atoms with Crippen molar-refractivity contribution in [3.8, 4) is 0 Å². The molecule has 148 valence electrons. The number of hydrogen-bond donors (Lipinski definition) is 1. The number of aliphatic hydroxyl groups is 1. The third-order valence-electron chi connectivity index (χ3n) is 6.22. The monoisotopic (exact) mass is 363 g/mol. The van der Waals surface area contributed by atoms with Crippen LogP contribution in [0.25, 0.3) is 0 Å². The predicted octanol–water partition coefficient (Wildman–Crippen LogP) is 2.58. The quantitative estimate of drug-likeness (QED) is 0.807. The minimum absolute atomic E-state index is 0.278. The molecule has 2 fully saturated rings. The Hall–Kier alpha value is -0.880. The van der Waals surface area contributed by atoms with Crippen LogP contribution in [0.1, 0.15) is 51.6 Å². The van der Waals surface area contributed by atoms with E-state index in [0.29, 0.717) is 18.1 Å². The van der Waals surface area contributed by atoms with E-state index < -0.39 is 0 Å². The number of nitrogens with zero attached hydrogens (tertiary/aromatic N) is 3. The van der Waals surface area contributed by atoms with Crippen LogP contribution in [-0.2, 0) is 13.0 Å². The van der Waals surface area contributed by atoms with Crippen LogP contribution in [0.4, 0.5) is 0 Å². The van der Waals surface area contributed by atoms with Gasteiger partial charge in [0, 0.05) is 50.8 Å². The van der Waals surface area contributed by atoms with E-state index in [9.17, 15) is 5.11 Å². The molecule has 0 aliphatic carbocycles. The fourth-order valence-electron chi connectivity index (χ4n) is 4.62. The zero-order chi connectivity index (χ0) is 18.5. The molecule has 0 saturated carbocycles. The average molecular weight is 364 g/mol. The molecule has 0 aromatic carbocycles. The standard InChI is InChI=1S/C21H37N3O2/c1-4-20-5-6-21(26-20)16-22-12-13-24(19(15-22)9-14-25)18-7-10-23(11-8-18)17(2)3/h5-6,17-19,25H,4,7-16H2,1-3H3. The largest absolute Gasteiger partial charge is 0.465 e. The lowest BCUT2D eigenvalue weighted by atomic mass is 9.97. The van der Waals surface area contributed by atoms with E-state index in [1.807, 2.05) is 0 Å². The van der Waals surface area contributed by atoms with Gasteiger partial charge in [-0.2, -0.15) is 0 Å².